The summed E-state index contributed by atoms with van der Waals surface area (Å²) in [6, 6.07) is 8.72. The molecule has 1 aliphatic rings. The van der Waals surface area contributed by atoms with Gasteiger partial charge >= 0.3 is 0 Å². The van der Waals surface area contributed by atoms with Crippen LogP contribution >= 0.6 is 23.2 Å². The molecule has 1 atom stereocenters. The number of nitrogens with one attached hydrogen (secondary N) is 1. The fourth-order valence-electron chi connectivity index (χ4n) is 3.10. The minimum absolute atomic E-state index is 0.0407. The lowest BCUT2D eigenvalue weighted by atomic mass is 10.1. The Hall–Kier alpha value is -1.49. The lowest BCUT2D eigenvalue weighted by molar-refractivity contribution is 0.0914. The summed E-state index contributed by atoms with van der Waals surface area (Å²) < 4.78 is 5.59. The smallest absolute Gasteiger partial charge is 0.251 e. The second-order valence-corrected chi connectivity index (χ2v) is 6.87. The van der Waals surface area contributed by atoms with E-state index in [4.69, 9.17) is 27.6 Å². The second-order valence-electron chi connectivity index (χ2n) is 6.00. The van der Waals surface area contributed by atoms with Crippen LogP contribution in [0.3, 0.4) is 0 Å². The molecule has 3 rings (SSSR count). The Balaban J connectivity index is 1.69. The summed E-state index contributed by atoms with van der Waals surface area (Å²) in [5.41, 5.74) is 0.462. The van der Waals surface area contributed by atoms with Crippen molar-refractivity contribution in [3.8, 4) is 0 Å². The van der Waals surface area contributed by atoms with Crippen molar-refractivity contribution in [2.24, 2.45) is 0 Å². The SMILES string of the molecule is O=C(NCC(c1ccco1)N1CCCCC1)c1cc(Cl)cc(Cl)c1. The van der Waals surface area contributed by atoms with E-state index >= 15 is 0 Å². The van der Waals surface area contributed by atoms with Crippen LogP contribution in [0.2, 0.25) is 10.0 Å². The van der Waals surface area contributed by atoms with Gasteiger partial charge in [-0.3, -0.25) is 9.69 Å². The molecule has 0 spiro atoms. The molecule has 1 fully saturated rings. The number of furan rings is 1. The summed E-state index contributed by atoms with van der Waals surface area (Å²) in [6.45, 7) is 2.52. The van der Waals surface area contributed by atoms with Gasteiger partial charge in [0.15, 0.2) is 0 Å². The average molecular weight is 367 g/mol. The molecule has 4 nitrogen and oxygen atoms in total. The number of carbonyl (C=O) groups is 1. The van der Waals surface area contributed by atoms with Crippen LogP contribution < -0.4 is 5.32 Å². The fraction of sp³-hybridized carbons (Fsp3) is 0.389. The number of halogens is 2. The normalized spacial score (nSPS) is 16.8. The van der Waals surface area contributed by atoms with Gasteiger partial charge in [-0.1, -0.05) is 29.6 Å². The molecule has 0 aliphatic carbocycles. The maximum Gasteiger partial charge on any atom is 0.251 e. The Morgan fingerprint density at radius 3 is 2.50 bits per heavy atom. The zero-order chi connectivity index (χ0) is 16.9. The highest BCUT2D eigenvalue weighted by Crippen LogP contribution is 2.25. The monoisotopic (exact) mass is 366 g/mol. The highest BCUT2D eigenvalue weighted by atomic mass is 35.5. The first-order valence-electron chi connectivity index (χ1n) is 8.15. The number of nitrogens with zero attached hydrogens (tertiary/aromatic N) is 1. The fourth-order valence-corrected chi connectivity index (χ4v) is 3.62. The van der Waals surface area contributed by atoms with E-state index < -0.39 is 0 Å². The first-order chi connectivity index (χ1) is 11.6. The molecule has 1 amide bonds. The summed E-state index contributed by atoms with van der Waals surface area (Å²) in [6.07, 6.45) is 5.28. The number of carbonyl (C=O) groups excluding carboxylic acids is 1. The van der Waals surface area contributed by atoms with Gasteiger partial charge in [0.2, 0.25) is 0 Å². The first-order valence-corrected chi connectivity index (χ1v) is 8.91. The number of likely N-dealkylation sites (tertiary alicyclic amines) is 1. The Labute approximate surface area is 151 Å². The molecule has 0 radical (unpaired) electrons. The highest BCUT2D eigenvalue weighted by Gasteiger charge is 2.25. The molecule has 0 bridgehead atoms. The van der Waals surface area contributed by atoms with Crippen molar-refractivity contribution in [1.29, 1.82) is 0 Å². The number of rotatable bonds is 5. The quantitative estimate of drug-likeness (QED) is 0.844. The van der Waals surface area contributed by atoms with E-state index in [9.17, 15) is 4.79 Å². The number of piperidine rings is 1. The first kappa shape index (κ1) is 17.3. The van der Waals surface area contributed by atoms with Gasteiger partial charge in [0.25, 0.3) is 5.91 Å². The van der Waals surface area contributed by atoms with Crippen LogP contribution in [0.25, 0.3) is 0 Å². The van der Waals surface area contributed by atoms with Gasteiger partial charge in [-0.05, 0) is 56.3 Å². The van der Waals surface area contributed by atoms with Crippen LogP contribution in [0, 0.1) is 0 Å². The second kappa shape index (κ2) is 8.06. The summed E-state index contributed by atoms with van der Waals surface area (Å²) >= 11 is 11.9. The molecule has 1 N–H and O–H groups in total. The molecule has 1 aromatic heterocycles. The van der Waals surface area contributed by atoms with Gasteiger partial charge in [-0.15, -0.1) is 0 Å². The molecule has 0 saturated carbocycles. The van der Waals surface area contributed by atoms with Gasteiger partial charge < -0.3 is 9.73 Å². The van der Waals surface area contributed by atoms with Crippen LogP contribution in [0.15, 0.2) is 41.0 Å². The predicted octanol–water partition coefficient (Wildman–Crippen LogP) is 4.54. The molecule has 6 heteroatoms. The predicted molar refractivity (Wildman–Crippen MR) is 95.7 cm³/mol. The van der Waals surface area contributed by atoms with Crippen LogP contribution in [-0.4, -0.2) is 30.4 Å². The standard InChI is InChI=1S/C18H20Cl2N2O2/c19-14-9-13(10-15(20)11-14)18(23)21-12-16(17-5-4-8-24-17)22-6-2-1-3-7-22/h4-5,8-11,16H,1-3,6-7,12H2,(H,21,23). The largest absolute Gasteiger partial charge is 0.468 e. The van der Waals surface area contributed by atoms with Crippen molar-refractivity contribution in [2.75, 3.05) is 19.6 Å². The lowest BCUT2D eigenvalue weighted by Crippen LogP contribution is -2.40. The third-order valence-corrected chi connectivity index (χ3v) is 4.72. The van der Waals surface area contributed by atoms with E-state index in [0.29, 0.717) is 22.2 Å². The van der Waals surface area contributed by atoms with E-state index in [2.05, 4.69) is 10.2 Å². The van der Waals surface area contributed by atoms with E-state index in [1.54, 1.807) is 24.5 Å². The van der Waals surface area contributed by atoms with Gasteiger partial charge in [-0.2, -0.15) is 0 Å². The maximum atomic E-state index is 12.4. The minimum atomic E-state index is -0.187. The third-order valence-electron chi connectivity index (χ3n) is 4.28. The van der Waals surface area contributed by atoms with E-state index in [1.807, 2.05) is 12.1 Å². The Morgan fingerprint density at radius 1 is 1.17 bits per heavy atom. The van der Waals surface area contributed by atoms with Crippen molar-refractivity contribution < 1.29 is 9.21 Å². The zero-order valence-electron chi connectivity index (χ0n) is 13.3. The van der Waals surface area contributed by atoms with Crippen LogP contribution in [0.1, 0.15) is 41.4 Å². The summed E-state index contributed by atoms with van der Waals surface area (Å²) in [7, 11) is 0. The molecule has 1 unspecified atom stereocenters. The number of amides is 1. The van der Waals surface area contributed by atoms with Gasteiger partial charge in [0, 0.05) is 22.2 Å². The van der Waals surface area contributed by atoms with Gasteiger partial charge in [-0.25, -0.2) is 0 Å². The molecule has 2 aromatic rings. The zero-order valence-corrected chi connectivity index (χ0v) is 14.8. The Bertz CT molecular complexity index is 662. The molecular formula is C18H20Cl2N2O2. The molecule has 1 aromatic carbocycles. The molecule has 1 saturated heterocycles. The number of hydrogen-bond donors (Lipinski definition) is 1. The molecular weight excluding hydrogens is 347 g/mol. The maximum absolute atomic E-state index is 12.4. The minimum Gasteiger partial charge on any atom is -0.468 e. The Kier molecular flexibility index (Phi) is 5.82. The van der Waals surface area contributed by atoms with Gasteiger partial charge in [0.05, 0.1) is 12.3 Å². The van der Waals surface area contributed by atoms with Crippen molar-refractivity contribution >= 4 is 29.1 Å². The summed E-state index contributed by atoms with van der Waals surface area (Å²) in [5, 5.41) is 3.88. The molecule has 2 heterocycles. The molecule has 128 valence electrons. The van der Waals surface area contributed by atoms with Crippen LogP contribution in [0.4, 0.5) is 0 Å². The summed E-state index contributed by atoms with van der Waals surface area (Å²) in [5.74, 6) is 0.689. The van der Waals surface area contributed by atoms with Crippen molar-refractivity contribution in [3.63, 3.8) is 0 Å². The van der Waals surface area contributed by atoms with Crippen molar-refractivity contribution in [2.45, 2.75) is 25.3 Å². The van der Waals surface area contributed by atoms with Crippen molar-refractivity contribution in [3.05, 3.63) is 58.0 Å². The average Bonchev–Trinajstić information content (AvgIpc) is 3.09. The Morgan fingerprint density at radius 2 is 1.88 bits per heavy atom. The molecule has 24 heavy (non-hydrogen) atoms. The van der Waals surface area contributed by atoms with E-state index in [1.165, 1.54) is 19.3 Å². The highest BCUT2D eigenvalue weighted by molar-refractivity contribution is 6.35. The van der Waals surface area contributed by atoms with E-state index in [-0.39, 0.29) is 11.9 Å². The van der Waals surface area contributed by atoms with Crippen LogP contribution in [-0.2, 0) is 0 Å². The van der Waals surface area contributed by atoms with Crippen molar-refractivity contribution in [1.82, 2.24) is 10.2 Å². The van der Waals surface area contributed by atoms with E-state index in [0.717, 1.165) is 18.8 Å². The third kappa shape index (κ3) is 4.32. The van der Waals surface area contributed by atoms with Gasteiger partial charge in [0.1, 0.15) is 5.76 Å². The van der Waals surface area contributed by atoms with Crippen LogP contribution in [0.5, 0.6) is 0 Å². The number of benzene rings is 1. The molecule has 1 aliphatic heterocycles. The lowest BCUT2D eigenvalue weighted by Gasteiger charge is -2.33. The summed E-state index contributed by atoms with van der Waals surface area (Å²) in [4.78, 5) is 14.8. The number of hydrogen-bond acceptors (Lipinski definition) is 3. The topological polar surface area (TPSA) is 45.5 Å².